The number of nitrogens with one attached hydrogen (secondary N) is 1. The lowest BCUT2D eigenvalue weighted by atomic mass is 9.99. The first-order chi connectivity index (χ1) is 9.58. The minimum absolute atomic E-state index is 0.106. The topological polar surface area (TPSA) is 67.8 Å². The number of aliphatic hydroxyl groups is 1. The van der Waals surface area contributed by atoms with Crippen molar-refractivity contribution in [2.45, 2.75) is 25.5 Å². The zero-order valence-corrected chi connectivity index (χ0v) is 12.3. The Bertz CT molecular complexity index is 405. The number of benzene rings is 1. The van der Waals surface area contributed by atoms with Gasteiger partial charge in [0.25, 0.3) is 0 Å². The van der Waals surface area contributed by atoms with Crippen LogP contribution >= 0.6 is 0 Å². The van der Waals surface area contributed by atoms with Gasteiger partial charge in [0, 0.05) is 19.7 Å². The molecule has 0 saturated heterocycles. The number of methoxy groups -OCH3 is 2. The van der Waals surface area contributed by atoms with Crippen LogP contribution in [0.1, 0.15) is 23.7 Å². The van der Waals surface area contributed by atoms with Gasteiger partial charge in [-0.1, -0.05) is 29.8 Å². The van der Waals surface area contributed by atoms with E-state index in [1.54, 1.807) is 7.11 Å². The van der Waals surface area contributed by atoms with E-state index in [0.717, 1.165) is 11.1 Å². The summed E-state index contributed by atoms with van der Waals surface area (Å²) < 4.78 is 9.64. The van der Waals surface area contributed by atoms with Gasteiger partial charge in [0.15, 0.2) is 0 Å². The smallest absolute Gasteiger partial charge is 0.307 e. The van der Waals surface area contributed by atoms with Crippen molar-refractivity contribution < 1.29 is 19.4 Å². The SMILES string of the molecule is COCCNC(CC(=O)OC)C(O)c1ccc(C)cc1. The van der Waals surface area contributed by atoms with Gasteiger partial charge in [-0.25, -0.2) is 0 Å². The average Bonchev–Trinajstić information content (AvgIpc) is 2.46. The second-order valence-electron chi connectivity index (χ2n) is 4.69. The highest BCUT2D eigenvalue weighted by Crippen LogP contribution is 2.19. The number of hydrogen-bond acceptors (Lipinski definition) is 5. The molecule has 0 saturated carbocycles. The second-order valence-corrected chi connectivity index (χ2v) is 4.69. The van der Waals surface area contributed by atoms with Crippen LogP contribution in [0.3, 0.4) is 0 Å². The van der Waals surface area contributed by atoms with E-state index in [9.17, 15) is 9.90 Å². The third-order valence-corrected chi connectivity index (χ3v) is 3.13. The van der Waals surface area contributed by atoms with Gasteiger partial charge in [0.05, 0.1) is 26.2 Å². The zero-order chi connectivity index (χ0) is 15.0. The third kappa shape index (κ3) is 5.28. The van der Waals surface area contributed by atoms with E-state index >= 15 is 0 Å². The van der Waals surface area contributed by atoms with E-state index in [1.165, 1.54) is 7.11 Å². The summed E-state index contributed by atoms with van der Waals surface area (Å²) in [6, 6.07) is 7.19. The molecule has 2 N–H and O–H groups in total. The lowest BCUT2D eigenvalue weighted by Crippen LogP contribution is -2.39. The molecule has 0 heterocycles. The van der Waals surface area contributed by atoms with E-state index in [-0.39, 0.29) is 12.4 Å². The number of ether oxygens (including phenoxy) is 2. The summed E-state index contributed by atoms with van der Waals surface area (Å²) in [5.41, 5.74) is 1.90. The Kier molecular flexibility index (Phi) is 7.22. The van der Waals surface area contributed by atoms with Crippen LogP contribution in [0.15, 0.2) is 24.3 Å². The lowest BCUT2D eigenvalue weighted by Gasteiger charge is -2.23. The molecule has 0 radical (unpaired) electrons. The minimum Gasteiger partial charge on any atom is -0.469 e. The van der Waals surface area contributed by atoms with Crippen molar-refractivity contribution in [2.75, 3.05) is 27.4 Å². The van der Waals surface area contributed by atoms with Crippen LogP contribution in [-0.4, -0.2) is 44.5 Å². The van der Waals surface area contributed by atoms with Gasteiger partial charge >= 0.3 is 5.97 Å². The molecule has 20 heavy (non-hydrogen) atoms. The highest BCUT2D eigenvalue weighted by atomic mass is 16.5. The molecule has 5 nitrogen and oxygen atoms in total. The van der Waals surface area contributed by atoms with E-state index in [0.29, 0.717) is 13.2 Å². The third-order valence-electron chi connectivity index (χ3n) is 3.13. The molecular formula is C15H23NO4. The molecule has 1 rings (SSSR count). The van der Waals surface area contributed by atoms with E-state index in [4.69, 9.17) is 4.74 Å². The van der Waals surface area contributed by atoms with Gasteiger partial charge in [0.2, 0.25) is 0 Å². The molecule has 0 fully saturated rings. The Balaban J connectivity index is 2.73. The van der Waals surface area contributed by atoms with E-state index in [1.807, 2.05) is 31.2 Å². The van der Waals surface area contributed by atoms with Crippen LogP contribution < -0.4 is 5.32 Å². The van der Waals surface area contributed by atoms with Crippen molar-refractivity contribution in [1.29, 1.82) is 0 Å². The molecule has 0 aromatic heterocycles. The summed E-state index contributed by atoms with van der Waals surface area (Å²) in [5, 5.41) is 13.5. The van der Waals surface area contributed by atoms with Crippen LogP contribution in [0.5, 0.6) is 0 Å². The molecule has 2 unspecified atom stereocenters. The maximum absolute atomic E-state index is 11.4. The van der Waals surface area contributed by atoms with Crippen LogP contribution in [-0.2, 0) is 14.3 Å². The maximum atomic E-state index is 11.4. The van der Waals surface area contributed by atoms with Crippen LogP contribution in [0.2, 0.25) is 0 Å². The predicted molar refractivity (Wildman–Crippen MR) is 76.4 cm³/mol. The van der Waals surface area contributed by atoms with Crippen molar-refractivity contribution in [3.8, 4) is 0 Å². The Morgan fingerprint density at radius 1 is 1.30 bits per heavy atom. The highest BCUT2D eigenvalue weighted by Gasteiger charge is 2.23. The van der Waals surface area contributed by atoms with E-state index < -0.39 is 12.1 Å². The van der Waals surface area contributed by atoms with Gasteiger partial charge in [-0.05, 0) is 12.5 Å². The number of carbonyl (C=O) groups excluding carboxylic acids is 1. The minimum atomic E-state index is -0.772. The quantitative estimate of drug-likeness (QED) is 0.553. The van der Waals surface area contributed by atoms with Crippen LogP contribution in [0.4, 0.5) is 0 Å². The number of esters is 1. The Morgan fingerprint density at radius 3 is 2.50 bits per heavy atom. The summed E-state index contributed by atoms with van der Waals surface area (Å²) in [5.74, 6) is -0.355. The molecule has 0 aliphatic rings. The highest BCUT2D eigenvalue weighted by molar-refractivity contribution is 5.70. The summed E-state index contributed by atoms with van der Waals surface area (Å²) in [7, 11) is 2.94. The number of aliphatic hydroxyl groups excluding tert-OH is 1. The standard InChI is InChI=1S/C15H23NO4/c1-11-4-6-12(7-5-11)15(18)13(10-14(17)20-3)16-8-9-19-2/h4-7,13,15-16,18H,8-10H2,1-3H3. The molecule has 5 heteroatoms. The number of hydrogen-bond donors (Lipinski definition) is 2. The van der Waals surface area contributed by atoms with Crippen molar-refractivity contribution in [1.82, 2.24) is 5.32 Å². The van der Waals surface area contributed by atoms with Gasteiger partial charge in [-0.15, -0.1) is 0 Å². The van der Waals surface area contributed by atoms with E-state index in [2.05, 4.69) is 10.1 Å². The van der Waals surface area contributed by atoms with Crippen LogP contribution in [0.25, 0.3) is 0 Å². The fourth-order valence-corrected chi connectivity index (χ4v) is 1.90. The molecular weight excluding hydrogens is 258 g/mol. The second kappa shape index (κ2) is 8.68. The molecule has 0 amide bonds. The molecule has 112 valence electrons. The molecule has 1 aromatic carbocycles. The first-order valence-electron chi connectivity index (χ1n) is 6.62. The number of carbonyl (C=O) groups is 1. The van der Waals surface area contributed by atoms with Gasteiger partial charge in [0.1, 0.15) is 0 Å². The summed E-state index contributed by atoms with van der Waals surface area (Å²) >= 11 is 0. The zero-order valence-electron chi connectivity index (χ0n) is 12.3. The first-order valence-corrected chi connectivity index (χ1v) is 6.62. The Hall–Kier alpha value is -1.43. The molecule has 0 spiro atoms. The summed E-state index contributed by atoms with van der Waals surface area (Å²) in [4.78, 5) is 11.4. The predicted octanol–water partition coefficient (Wildman–Crippen LogP) is 1.20. The van der Waals surface area contributed by atoms with Crippen molar-refractivity contribution in [3.05, 3.63) is 35.4 Å². The van der Waals surface area contributed by atoms with Gasteiger partial charge in [-0.3, -0.25) is 4.79 Å². The average molecular weight is 281 g/mol. The Labute approximate surface area is 119 Å². The summed E-state index contributed by atoms with van der Waals surface area (Å²) in [6.45, 7) is 3.05. The number of aryl methyl sites for hydroxylation is 1. The lowest BCUT2D eigenvalue weighted by molar-refractivity contribution is -0.142. The van der Waals surface area contributed by atoms with Crippen molar-refractivity contribution in [2.24, 2.45) is 0 Å². The molecule has 2 atom stereocenters. The fourth-order valence-electron chi connectivity index (χ4n) is 1.90. The van der Waals surface area contributed by atoms with Gasteiger partial charge < -0.3 is 19.9 Å². The molecule has 0 bridgehead atoms. The fraction of sp³-hybridized carbons (Fsp3) is 0.533. The number of rotatable bonds is 8. The largest absolute Gasteiger partial charge is 0.469 e. The summed E-state index contributed by atoms with van der Waals surface area (Å²) in [6.07, 6.45) is -0.665. The normalized spacial score (nSPS) is 13.8. The molecule has 1 aromatic rings. The van der Waals surface area contributed by atoms with Crippen LogP contribution in [0, 0.1) is 6.92 Å². The monoisotopic (exact) mass is 281 g/mol. The van der Waals surface area contributed by atoms with Crippen molar-refractivity contribution in [3.63, 3.8) is 0 Å². The molecule has 0 aliphatic carbocycles. The van der Waals surface area contributed by atoms with Crippen molar-refractivity contribution >= 4 is 5.97 Å². The Morgan fingerprint density at radius 2 is 1.95 bits per heavy atom. The maximum Gasteiger partial charge on any atom is 0.307 e. The first kappa shape index (κ1) is 16.6. The van der Waals surface area contributed by atoms with Gasteiger partial charge in [-0.2, -0.15) is 0 Å². The molecule has 0 aliphatic heterocycles.